The molecule has 1 unspecified atom stereocenters. The topological polar surface area (TPSA) is 29.1 Å². The number of benzene rings is 1. The molecule has 1 amide bonds. The molecule has 1 aromatic heterocycles. The molecular weight excluding hydrogens is 310 g/mol. The van der Waals surface area contributed by atoms with Crippen molar-refractivity contribution in [2.75, 3.05) is 0 Å². The van der Waals surface area contributed by atoms with Gasteiger partial charge in [0.2, 0.25) is 0 Å². The number of amides is 1. The van der Waals surface area contributed by atoms with Crippen molar-refractivity contribution < 1.29 is 4.79 Å². The molecular formula is C14H14BrNOS. The number of carbonyl (C=O) groups is 1. The zero-order chi connectivity index (χ0) is 13.0. The molecule has 2 aromatic rings. The van der Waals surface area contributed by atoms with Gasteiger partial charge in [0.05, 0.1) is 11.6 Å². The molecule has 0 aliphatic rings. The van der Waals surface area contributed by atoms with Gasteiger partial charge in [0.15, 0.2) is 0 Å². The highest BCUT2D eigenvalue weighted by atomic mass is 79.9. The predicted octanol–water partition coefficient (Wildman–Crippen LogP) is 4.39. The molecule has 0 radical (unpaired) electrons. The van der Waals surface area contributed by atoms with Crippen LogP contribution in [0.2, 0.25) is 0 Å². The van der Waals surface area contributed by atoms with Gasteiger partial charge in [-0.05, 0) is 35.6 Å². The molecule has 2 rings (SSSR count). The second-order valence-corrected chi connectivity index (χ2v) is 5.69. The lowest BCUT2D eigenvalue weighted by atomic mass is 10.0. The number of rotatable bonds is 4. The van der Waals surface area contributed by atoms with Crippen molar-refractivity contribution >= 4 is 33.2 Å². The van der Waals surface area contributed by atoms with Gasteiger partial charge in [0, 0.05) is 9.85 Å². The van der Waals surface area contributed by atoms with E-state index >= 15 is 0 Å². The Morgan fingerprint density at radius 3 is 2.61 bits per heavy atom. The van der Waals surface area contributed by atoms with Crippen molar-refractivity contribution in [2.24, 2.45) is 0 Å². The van der Waals surface area contributed by atoms with Gasteiger partial charge >= 0.3 is 0 Å². The zero-order valence-electron chi connectivity index (χ0n) is 10.0. The van der Waals surface area contributed by atoms with Crippen LogP contribution in [0.25, 0.3) is 0 Å². The molecule has 0 fully saturated rings. The number of hydrogen-bond donors (Lipinski definition) is 1. The monoisotopic (exact) mass is 323 g/mol. The fraction of sp³-hybridized carbons (Fsp3) is 0.214. The fourth-order valence-corrected chi connectivity index (χ4v) is 2.65. The van der Waals surface area contributed by atoms with E-state index in [0.29, 0.717) is 0 Å². The number of nitrogens with one attached hydrogen (secondary N) is 1. The van der Waals surface area contributed by atoms with Gasteiger partial charge in [0.25, 0.3) is 5.91 Å². The molecule has 0 spiro atoms. The zero-order valence-corrected chi connectivity index (χ0v) is 12.4. The Bertz CT molecular complexity index is 507. The third kappa shape index (κ3) is 3.21. The van der Waals surface area contributed by atoms with Gasteiger partial charge in [-0.3, -0.25) is 4.79 Å². The van der Waals surface area contributed by atoms with Crippen LogP contribution in [0, 0.1) is 0 Å². The molecule has 94 valence electrons. The Morgan fingerprint density at radius 2 is 2.06 bits per heavy atom. The minimum atomic E-state index is -0.00832. The quantitative estimate of drug-likeness (QED) is 0.888. The molecule has 0 saturated heterocycles. The Hall–Kier alpha value is -1.13. The molecule has 1 N–H and O–H groups in total. The van der Waals surface area contributed by atoms with Gasteiger partial charge in [-0.25, -0.2) is 0 Å². The average Bonchev–Trinajstić information content (AvgIpc) is 2.91. The number of hydrogen-bond acceptors (Lipinski definition) is 2. The molecule has 0 bridgehead atoms. The lowest BCUT2D eigenvalue weighted by Crippen LogP contribution is -2.27. The largest absolute Gasteiger partial charge is 0.345 e. The summed E-state index contributed by atoms with van der Waals surface area (Å²) in [7, 11) is 0. The van der Waals surface area contributed by atoms with E-state index in [9.17, 15) is 4.79 Å². The van der Waals surface area contributed by atoms with Crippen molar-refractivity contribution in [3.8, 4) is 0 Å². The summed E-state index contributed by atoms with van der Waals surface area (Å²) in [6.45, 7) is 2.07. The van der Waals surface area contributed by atoms with Gasteiger partial charge in [0.1, 0.15) is 0 Å². The van der Waals surface area contributed by atoms with Crippen molar-refractivity contribution in [3.05, 3.63) is 56.7 Å². The van der Waals surface area contributed by atoms with Crippen LogP contribution >= 0.6 is 27.3 Å². The molecule has 1 aromatic carbocycles. The molecule has 18 heavy (non-hydrogen) atoms. The second-order valence-electron chi connectivity index (χ2n) is 4.00. The second kappa shape index (κ2) is 6.16. The van der Waals surface area contributed by atoms with E-state index in [-0.39, 0.29) is 11.9 Å². The highest BCUT2D eigenvalue weighted by molar-refractivity contribution is 9.10. The third-order valence-corrected chi connectivity index (χ3v) is 3.98. The smallest absolute Gasteiger partial charge is 0.252 e. The maximum atomic E-state index is 12.0. The first kappa shape index (κ1) is 13.3. The Balaban J connectivity index is 2.10. The van der Waals surface area contributed by atoms with E-state index in [1.165, 1.54) is 11.3 Å². The minimum Gasteiger partial charge on any atom is -0.345 e. The summed E-state index contributed by atoms with van der Waals surface area (Å²) in [5, 5.41) is 6.83. The van der Waals surface area contributed by atoms with Crippen LogP contribution in [0.1, 0.15) is 35.3 Å². The first-order chi connectivity index (χ1) is 8.70. The molecule has 1 heterocycles. The first-order valence-electron chi connectivity index (χ1n) is 5.79. The standard InChI is InChI=1S/C14H14BrNOS/c1-2-13(10-3-5-12(15)6-4-10)16-14(17)11-7-8-18-9-11/h3-9,13H,2H2,1H3,(H,16,17). The number of carbonyl (C=O) groups excluding carboxylic acids is 1. The lowest BCUT2D eigenvalue weighted by molar-refractivity contribution is 0.0936. The van der Waals surface area contributed by atoms with Gasteiger partial charge < -0.3 is 5.32 Å². The first-order valence-corrected chi connectivity index (χ1v) is 7.53. The highest BCUT2D eigenvalue weighted by Crippen LogP contribution is 2.20. The minimum absolute atomic E-state index is 0.00832. The molecule has 2 nitrogen and oxygen atoms in total. The van der Waals surface area contributed by atoms with Crippen LogP contribution in [-0.2, 0) is 0 Å². The maximum Gasteiger partial charge on any atom is 0.252 e. The molecule has 1 atom stereocenters. The Morgan fingerprint density at radius 1 is 1.33 bits per heavy atom. The van der Waals surface area contributed by atoms with Crippen molar-refractivity contribution in [1.82, 2.24) is 5.32 Å². The van der Waals surface area contributed by atoms with Gasteiger partial charge in [-0.1, -0.05) is 35.0 Å². The fourth-order valence-electron chi connectivity index (χ4n) is 1.75. The van der Waals surface area contributed by atoms with E-state index in [4.69, 9.17) is 0 Å². The third-order valence-electron chi connectivity index (χ3n) is 2.77. The van der Waals surface area contributed by atoms with Crippen LogP contribution in [-0.4, -0.2) is 5.91 Å². The molecule has 0 saturated carbocycles. The summed E-state index contributed by atoms with van der Waals surface area (Å²) < 4.78 is 1.05. The normalized spacial score (nSPS) is 12.1. The van der Waals surface area contributed by atoms with E-state index in [0.717, 1.165) is 22.0 Å². The summed E-state index contributed by atoms with van der Waals surface area (Å²) in [5.74, 6) is -0.00832. The van der Waals surface area contributed by atoms with Gasteiger partial charge in [-0.15, -0.1) is 0 Å². The van der Waals surface area contributed by atoms with Crippen LogP contribution in [0.3, 0.4) is 0 Å². The number of thiophene rings is 1. The highest BCUT2D eigenvalue weighted by Gasteiger charge is 2.14. The van der Waals surface area contributed by atoms with E-state index in [1.54, 1.807) is 0 Å². The number of halogens is 1. The van der Waals surface area contributed by atoms with Crippen molar-refractivity contribution in [3.63, 3.8) is 0 Å². The lowest BCUT2D eigenvalue weighted by Gasteiger charge is -2.17. The van der Waals surface area contributed by atoms with Crippen LogP contribution in [0.15, 0.2) is 45.6 Å². The van der Waals surface area contributed by atoms with Gasteiger partial charge in [-0.2, -0.15) is 11.3 Å². The molecule has 0 aliphatic heterocycles. The average molecular weight is 324 g/mol. The van der Waals surface area contributed by atoms with Crippen LogP contribution < -0.4 is 5.32 Å². The Labute approximate surface area is 119 Å². The summed E-state index contributed by atoms with van der Waals surface area (Å²) >= 11 is 4.95. The van der Waals surface area contributed by atoms with E-state index in [2.05, 4.69) is 28.2 Å². The summed E-state index contributed by atoms with van der Waals surface area (Å²) in [4.78, 5) is 12.0. The van der Waals surface area contributed by atoms with Crippen molar-refractivity contribution in [1.29, 1.82) is 0 Å². The molecule has 4 heteroatoms. The predicted molar refractivity (Wildman–Crippen MR) is 79.0 cm³/mol. The maximum absolute atomic E-state index is 12.0. The van der Waals surface area contributed by atoms with E-state index in [1.807, 2.05) is 41.1 Å². The summed E-state index contributed by atoms with van der Waals surface area (Å²) in [6.07, 6.45) is 0.873. The van der Waals surface area contributed by atoms with E-state index < -0.39 is 0 Å². The Kier molecular flexibility index (Phi) is 4.55. The summed E-state index contributed by atoms with van der Waals surface area (Å²) in [5.41, 5.74) is 1.86. The van der Waals surface area contributed by atoms with Crippen molar-refractivity contribution in [2.45, 2.75) is 19.4 Å². The SMILES string of the molecule is CCC(NC(=O)c1ccsc1)c1ccc(Br)cc1. The summed E-state index contributed by atoms with van der Waals surface area (Å²) in [6, 6.07) is 9.96. The van der Waals surface area contributed by atoms with Crippen LogP contribution in [0.5, 0.6) is 0 Å². The van der Waals surface area contributed by atoms with Crippen LogP contribution in [0.4, 0.5) is 0 Å². The molecule has 0 aliphatic carbocycles.